The van der Waals surface area contributed by atoms with E-state index in [1.54, 1.807) is 25.5 Å². The molecule has 0 saturated carbocycles. The third-order valence-electron chi connectivity index (χ3n) is 7.66. The van der Waals surface area contributed by atoms with Gasteiger partial charge in [0, 0.05) is 0 Å². The van der Waals surface area contributed by atoms with Crippen molar-refractivity contribution in [3.05, 3.63) is 138 Å². The second-order valence-corrected chi connectivity index (χ2v) is 11.6. The summed E-state index contributed by atoms with van der Waals surface area (Å²) in [5, 5.41) is 2.30. The van der Waals surface area contributed by atoms with E-state index in [0.717, 1.165) is 33.0 Å². The second-order valence-electron chi connectivity index (χ2n) is 10.6. The molecule has 7 nitrogen and oxygen atoms in total. The minimum Gasteiger partial charge on any atom is -0.493 e. The average Bonchev–Trinajstić information content (AvgIpc) is 3.33. The Morgan fingerprint density at radius 1 is 0.977 bits per heavy atom. The summed E-state index contributed by atoms with van der Waals surface area (Å²) >= 11 is 1.29. The quantitative estimate of drug-likeness (QED) is 0.208. The predicted octanol–water partition coefficient (Wildman–Crippen LogP) is 5.85. The molecule has 2 heterocycles. The molecule has 0 amide bonds. The zero-order chi connectivity index (χ0) is 30.8. The molecule has 0 saturated heterocycles. The molecule has 5 aromatic rings. The Morgan fingerprint density at radius 3 is 2.52 bits per heavy atom. The van der Waals surface area contributed by atoms with Crippen molar-refractivity contribution >= 4 is 34.2 Å². The van der Waals surface area contributed by atoms with Gasteiger partial charge in [-0.25, -0.2) is 9.79 Å². The SMILES string of the molecule is CCOC(=O)C1=C(C)N=c2s/c(=C/c3ccc(OCc4cccc5ccccc45)c(OC)c3)c(=O)n2C1c1ccc(C)cc1. The van der Waals surface area contributed by atoms with Gasteiger partial charge in [-0.05, 0) is 66.4 Å². The lowest BCUT2D eigenvalue weighted by atomic mass is 9.95. The number of allylic oxidation sites excluding steroid dienone is 1. The molecule has 0 bridgehead atoms. The average molecular weight is 605 g/mol. The summed E-state index contributed by atoms with van der Waals surface area (Å²) in [6.07, 6.45) is 1.82. The lowest BCUT2D eigenvalue weighted by Gasteiger charge is -2.24. The number of rotatable bonds is 8. The van der Waals surface area contributed by atoms with Crippen molar-refractivity contribution in [1.82, 2.24) is 4.57 Å². The fourth-order valence-corrected chi connectivity index (χ4v) is 6.52. The summed E-state index contributed by atoms with van der Waals surface area (Å²) in [4.78, 5) is 32.2. The van der Waals surface area contributed by atoms with Gasteiger partial charge in [0.1, 0.15) is 6.61 Å². The molecular formula is C36H32N2O5S. The molecule has 1 aromatic heterocycles. The van der Waals surface area contributed by atoms with Crippen LogP contribution in [-0.2, 0) is 16.1 Å². The Labute approximate surface area is 259 Å². The lowest BCUT2D eigenvalue weighted by Crippen LogP contribution is -2.39. The minimum atomic E-state index is -0.646. The van der Waals surface area contributed by atoms with Gasteiger partial charge in [-0.2, -0.15) is 0 Å². The van der Waals surface area contributed by atoms with E-state index in [1.165, 1.54) is 11.3 Å². The molecule has 1 aliphatic rings. The number of benzene rings is 4. The number of fused-ring (bicyclic) bond motifs is 2. The molecule has 0 aliphatic carbocycles. The van der Waals surface area contributed by atoms with E-state index in [9.17, 15) is 9.59 Å². The van der Waals surface area contributed by atoms with E-state index < -0.39 is 12.0 Å². The van der Waals surface area contributed by atoms with Crippen molar-refractivity contribution in [2.45, 2.75) is 33.4 Å². The van der Waals surface area contributed by atoms with Crippen LogP contribution in [0.1, 0.15) is 42.1 Å². The molecule has 0 fully saturated rings. The first-order valence-electron chi connectivity index (χ1n) is 14.4. The first-order valence-corrected chi connectivity index (χ1v) is 15.2. The number of aromatic nitrogens is 1. The molecule has 222 valence electrons. The Kier molecular flexibility index (Phi) is 8.17. The summed E-state index contributed by atoms with van der Waals surface area (Å²) in [7, 11) is 1.60. The fraction of sp³-hybridized carbons (Fsp3) is 0.194. The van der Waals surface area contributed by atoms with Gasteiger partial charge >= 0.3 is 5.97 Å². The number of methoxy groups -OCH3 is 1. The van der Waals surface area contributed by atoms with Gasteiger partial charge in [0.25, 0.3) is 5.56 Å². The highest BCUT2D eigenvalue weighted by Crippen LogP contribution is 2.32. The molecule has 6 rings (SSSR count). The van der Waals surface area contributed by atoms with Crippen LogP contribution in [0.2, 0.25) is 0 Å². The standard InChI is InChI=1S/C36H32N2O5S/c1-5-42-35(40)32-23(3)37-36-38(33(32)26-16-13-22(2)14-17-26)34(39)31(44-36)20-24-15-18-29(30(19-24)41-4)43-21-27-11-8-10-25-9-6-7-12-28(25)27/h6-20,33H,5,21H2,1-4H3/b31-20+. The van der Waals surface area contributed by atoms with Gasteiger partial charge in [0.2, 0.25) is 0 Å². The monoisotopic (exact) mass is 604 g/mol. The molecule has 0 spiro atoms. The van der Waals surface area contributed by atoms with E-state index in [2.05, 4.69) is 29.3 Å². The van der Waals surface area contributed by atoms with Crippen molar-refractivity contribution in [2.75, 3.05) is 13.7 Å². The normalized spacial score (nSPS) is 14.7. The van der Waals surface area contributed by atoms with Crippen LogP contribution in [0.15, 0.2) is 106 Å². The Balaban J connectivity index is 1.36. The molecule has 1 atom stereocenters. The van der Waals surface area contributed by atoms with E-state index in [-0.39, 0.29) is 12.2 Å². The molecule has 0 N–H and O–H groups in total. The van der Waals surface area contributed by atoms with Crippen LogP contribution in [0, 0.1) is 6.92 Å². The van der Waals surface area contributed by atoms with Crippen LogP contribution < -0.4 is 24.4 Å². The van der Waals surface area contributed by atoms with Crippen LogP contribution >= 0.6 is 11.3 Å². The minimum absolute atomic E-state index is 0.226. The predicted molar refractivity (Wildman–Crippen MR) is 173 cm³/mol. The summed E-state index contributed by atoms with van der Waals surface area (Å²) in [5.41, 5.74) is 4.42. The molecule has 4 aromatic carbocycles. The van der Waals surface area contributed by atoms with E-state index in [4.69, 9.17) is 14.2 Å². The number of carbonyl (C=O) groups is 1. The summed E-state index contributed by atoms with van der Waals surface area (Å²) in [6.45, 7) is 6.16. The maximum absolute atomic E-state index is 13.9. The smallest absolute Gasteiger partial charge is 0.338 e. The Bertz CT molecular complexity index is 2080. The van der Waals surface area contributed by atoms with Gasteiger partial charge in [-0.15, -0.1) is 0 Å². The van der Waals surface area contributed by atoms with Crippen LogP contribution in [0.5, 0.6) is 11.5 Å². The summed E-state index contributed by atoms with van der Waals surface area (Å²) < 4.78 is 19.3. The first kappa shape index (κ1) is 29.1. The van der Waals surface area contributed by atoms with Gasteiger partial charge in [0.15, 0.2) is 16.3 Å². The first-order chi connectivity index (χ1) is 21.4. The number of thiazole rings is 1. The largest absolute Gasteiger partial charge is 0.493 e. The lowest BCUT2D eigenvalue weighted by molar-refractivity contribution is -0.139. The third-order valence-corrected chi connectivity index (χ3v) is 8.64. The number of esters is 1. The maximum Gasteiger partial charge on any atom is 0.338 e. The van der Waals surface area contributed by atoms with Crippen LogP contribution in [0.4, 0.5) is 0 Å². The topological polar surface area (TPSA) is 79.1 Å². The number of nitrogens with zero attached hydrogens (tertiary/aromatic N) is 2. The molecule has 1 aliphatic heterocycles. The summed E-state index contributed by atoms with van der Waals surface area (Å²) in [5.74, 6) is 0.690. The highest BCUT2D eigenvalue weighted by atomic mass is 32.1. The highest BCUT2D eigenvalue weighted by Gasteiger charge is 2.33. The zero-order valence-corrected chi connectivity index (χ0v) is 25.8. The van der Waals surface area contributed by atoms with Gasteiger partial charge in [-0.3, -0.25) is 9.36 Å². The summed E-state index contributed by atoms with van der Waals surface area (Å²) in [6, 6.07) is 27.2. The number of ether oxygens (including phenoxy) is 3. The Morgan fingerprint density at radius 2 is 1.75 bits per heavy atom. The van der Waals surface area contributed by atoms with Crippen molar-refractivity contribution in [1.29, 1.82) is 0 Å². The van der Waals surface area contributed by atoms with Gasteiger partial charge < -0.3 is 14.2 Å². The molecule has 1 unspecified atom stereocenters. The molecule has 44 heavy (non-hydrogen) atoms. The van der Waals surface area contributed by atoms with Crippen molar-refractivity contribution in [3.63, 3.8) is 0 Å². The fourth-order valence-electron chi connectivity index (χ4n) is 5.47. The van der Waals surface area contributed by atoms with E-state index in [0.29, 0.717) is 38.7 Å². The Hall–Kier alpha value is -4.95. The number of carbonyl (C=O) groups excluding carboxylic acids is 1. The van der Waals surface area contributed by atoms with Crippen molar-refractivity contribution in [3.8, 4) is 11.5 Å². The van der Waals surface area contributed by atoms with Crippen molar-refractivity contribution in [2.24, 2.45) is 4.99 Å². The zero-order valence-electron chi connectivity index (χ0n) is 25.0. The highest BCUT2D eigenvalue weighted by molar-refractivity contribution is 7.07. The van der Waals surface area contributed by atoms with E-state index >= 15 is 0 Å². The second kappa shape index (κ2) is 12.3. The number of hydrogen-bond acceptors (Lipinski definition) is 7. The third kappa shape index (κ3) is 5.56. The van der Waals surface area contributed by atoms with Crippen LogP contribution in [0.3, 0.4) is 0 Å². The van der Waals surface area contributed by atoms with Crippen LogP contribution in [0.25, 0.3) is 16.8 Å². The van der Waals surface area contributed by atoms with Gasteiger partial charge in [0.05, 0.1) is 35.6 Å². The molecule has 8 heteroatoms. The van der Waals surface area contributed by atoms with Crippen molar-refractivity contribution < 1.29 is 19.0 Å². The molecule has 0 radical (unpaired) electrons. The maximum atomic E-state index is 13.9. The van der Waals surface area contributed by atoms with Crippen LogP contribution in [-0.4, -0.2) is 24.3 Å². The molecular weight excluding hydrogens is 572 g/mol. The van der Waals surface area contributed by atoms with E-state index in [1.807, 2.05) is 73.7 Å². The van der Waals surface area contributed by atoms with Gasteiger partial charge in [-0.1, -0.05) is 89.7 Å². The number of hydrogen-bond donors (Lipinski definition) is 0. The number of aryl methyl sites for hydroxylation is 1.